The first kappa shape index (κ1) is 11.4. The summed E-state index contributed by atoms with van der Waals surface area (Å²) in [6.45, 7) is 5.64. The van der Waals surface area contributed by atoms with Gasteiger partial charge in [0.05, 0.1) is 6.10 Å². The van der Waals surface area contributed by atoms with Crippen LogP contribution in [0.3, 0.4) is 0 Å². The fraction of sp³-hybridized carbons (Fsp3) is 1.00. The molecule has 2 atom stereocenters. The molecule has 0 aromatic rings. The molecule has 0 aromatic carbocycles. The maximum atomic E-state index is 10.1. The molecule has 2 aliphatic rings. The number of rotatable bonds is 4. The van der Waals surface area contributed by atoms with Gasteiger partial charge < -0.3 is 10.0 Å². The highest BCUT2D eigenvalue weighted by Crippen LogP contribution is 2.29. The Morgan fingerprint density at radius 1 is 1.27 bits per heavy atom. The Balaban J connectivity index is 1.72. The van der Waals surface area contributed by atoms with Crippen molar-refractivity contribution in [2.45, 2.75) is 51.6 Å². The van der Waals surface area contributed by atoms with Crippen molar-refractivity contribution in [2.75, 3.05) is 19.6 Å². The Labute approximate surface area is 93.7 Å². The summed E-state index contributed by atoms with van der Waals surface area (Å²) in [6.07, 6.45) is 7.77. The van der Waals surface area contributed by atoms with E-state index in [0.717, 1.165) is 12.5 Å². The van der Waals surface area contributed by atoms with E-state index in [-0.39, 0.29) is 6.10 Å². The summed E-state index contributed by atoms with van der Waals surface area (Å²) in [4.78, 5) is 2.47. The molecule has 1 saturated carbocycles. The summed E-state index contributed by atoms with van der Waals surface area (Å²) in [7, 11) is 0. The van der Waals surface area contributed by atoms with Gasteiger partial charge in [-0.15, -0.1) is 0 Å². The number of nitrogens with zero attached hydrogens (tertiary/aromatic N) is 1. The summed E-state index contributed by atoms with van der Waals surface area (Å²) in [6, 6.07) is 0. The molecule has 0 aromatic heterocycles. The monoisotopic (exact) mass is 211 g/mol. The van der Waals surface area contributed by atoms with Gasteiger partial charge in [-0.25, -0.2) is 0 Å². The Bertz CT molecular complexity index is 189. The number of aliphatic hydroxyl groups is 1. The third-order valence-corrected chi connectivity index (χ3v) is 4.34. The van der Waals surface area contributed by atoms with Gasteiger partial charge in [0.2, 0.25) is 0 Å². The van der Waals surface area contributed by atoms with Gasteiger partial charge in [-0.3, -0.25) is 0 Å². The van der Waals surface area contributed by atoms with Crippen LogP contribution >= 0.6 is 0 Å². The predicted molar refractivity (Wildman–Crippen MR) is 62.8 cm³/mol. The molecular weight excluding hydrogens is 186 g/mol. The van der Waals surface area contributed by atoms with Crippen LogP contribution in [-0.2, 0) is 0 Å². The van der Waals surface area contributed by atoms with Crippen LogP contribution in [0.25, 0.3) is 0 Å². The van der Waals surface area contributed by atoms with E-state index < -0.39 is 0 Å². The minimum atomic E-state index is -0.0527. The van der Waals surface area contributed by atoms with Gasteiger partial charge in [0.1, 0.15) is 0 Å². The molecule has 2 nitrogen and oxygen atoms in total. The van der Waals surface area contributed by atoms with Gasteiger partial charge in [0.25, 0.3) is 0 Å². The Morgan fingerprint density at radius 3 is 2.60 bits per heavy atom. The van der Waals surface area contributed by atoms with Crippen LogP contribution in [0.5, 0.6) is 0 Å². The van der Waals surface area contributed by atoms with Crippen LogP contribution in [0.1, 0.15) is 45.4 Å². The SMILES string of the molecule is CCC1CCN(CC(O)C2CCCC2)C1. The van der Waals surface area contributed by atoms with Crippen molar-refractivity contribution in [3.05, 3.63) is 0 Å². The number of hydrogen-bond acceptors (Lipinski definition) is 2. The quantitative estimate of drug-likeness (QED) is 0.771. The molecule has 1 aliphatic heterocycles. The molecule has 0 bridgehead atoms. The highest BCUT2D eigenvalue weighted by atomic mass is 16.3. The van der Waals surface area contributed by atoms with Crippen molar-refractivity contribution in [3.8, 4) is 0 Å². The molecule has 1 saturated heterocycles. The first-order chi connectivity index (χ1) is 7.29. The number of β-amino-alcohol motifs (C(OH)–C–C–N with tert-alkyl or cyclic N) is 1. The second kappa shape index (κ2) is 5.31. The summed E-state index contributed by atoms with van der Waals surface area (Å²) >= 11 is 0. The standard InChI is InChI=1S/C13H25NO/c1-2-11-7-8-14(9-11)10-13(15)12-5-3-4-6-12/h11-13,15H,2-10H2,1H3. The molecule has 15 heavy (non-hydrogen) atoms. The molecule has 2 fully saturated rings. The van der Waals surface area contributed by atoms with Crippen molar-refractivity contribution in [1.29, 1.82) is 0 Å². The molecule has 1 N–H and O–H groups in total. The van der Waals surface area contributed by atoms with Crippen LogP contribution in [0.4, 0.5) is 0 Å². The third-order valence-electron chi connectivity index (χ3n) is 4.34. The first-order valence-electron chi connectivity index (χ1n) is 6.70. The largest absolute Gasteiger partial charge is 0.392 e. The second-order valence-corrected chi connectivity index (χ2v) is 5.43. The minimum absolute atomic E-state index is 0.0527. The van der Waals surface area contributed by atoms with Gasteiger partial charge in [-0.2, -0.15) is 0 Å². The Morgan fingerprint density at radius 2 is 2.00 bits per heavy atom. The molecule has 2 heteroatoms. The third kappa shape index (κ3) is 2.94. The lowest BCUT2D eigenvalue weighted by Crippen LogP contribution is -2.34. The average Bonchev–Trinajstić information content (AvgIpc) is 2.87. The van der Waals surface area contributed by atoms with E-state index in [4.69, 9.17) is 0 Å². The maximum absolute atomic E-state index is 10.1. The van der Waals surface area contributed by atoms with Crippen molar-refractivity contribution < 1.29 is 5.11 Å². The van der Waals surface area contributed by atoms with Crippen LogP contribution in [0.2, 0.25) is 0 Å². The van der Waals surface area contributed by atoms with E-state index in [9.17, 15) is 5.11 Å². The fourth-order valence-corrected chi connectivity index (χ4v) is 3.17. The van der Waals surface area contributed by atoms with Gasteiger partial charge in [0.15, 0.2) is 0 Å². The van der Waals surface area contributed by atoms with Crippen LogP contribution < -0.4 is 0 Å². The lowest BCUT2D eigenvalue weighted by molar-refractivity contribution is 0.0727. The number of likely N-dealkylation sites (tertiary alicyclic amines) is 1. The normalized spacial score (nSPS) is 31.2. The molecule has 2 rings (SSSR count). The second-order valence-electron chi connectivity index (χ2n) is 5.43. The summed E-state index contributed by atoms with van der Waals surface area (Å²) in [5.41, 5.74) is 0. The summed E-state index contributed by atoms with van der Waals surface area (Å²) < 4.78 is 0. The van der Waals surface area contributed by atoms with E-state index in [2.05, 4.69) is 11.8 Å². The molecule has 1 aliphatic carbocycles. The first-order valence-corrected chi connectivity index (χ1v) is 6.70. The van der Waals surface area contributed by atoms with Gasteiger partial charge in [0, 0.05) is 13.1 Å². The van der Waals surface area contributed by atoms with Crippen molar-refractivity contribution >= 4 is 0 Å². The molecule has 2 unspecified atom stereocenters. The van der Waals surface area contributed by atoms with Crippen molar-refractivity contribution in [2.24, 2.45) is 11.8 Å². The van der Waals surface area contributed by atoms with E-state index in [1.54, 1.807) is 0 Å². The molecule has 0 amide bonds. The average molecular weight is 211 g/mol. The number of hydrogen-bond donors (Lipinski definition) is 1. The van der Waals surface area contributed by atoms with Gasteiger partial charge in [-0.1, -0.05) is 26.2 Å². The summed E-state index contributed by atoms with van der Waals surface area (Å²) in [5, 5.41) is 10.1. The van der Waals surface area contributed by atoms with Crippen LogP contribution in [0, 0.1) is 11.8 Å². The topological polar surface area (TPSA) is 23.5 Å². The number of aliphatic hydroxyl groups excluding tert-OH is 1. The van der Waals surface area contributed by atoms with E-state index in [1.807, 2.05) is 0 Å². The van der Waals surface area contributed by atoms with Gasteiger partial charge >= 0.3 is 0 Å². The molecule has 1 heterocycles. The lowest BCUT2D eigenvalue weighted by Gasteiger charge is -2.24. The van der Waals surface area contributed by atoms with E-state index in [1.165, 1.54) is 51.6 Å². The summed E-state index contributed by atoms with van der Waals surface area (Å²) in [5.74, 6) is 1.49. The predicted octanol–water partition coefficient (Wildman–Crippen LogP) is 2.27. The molecule has 0 radical (unpaired) electrons. The zero-order valence-electron chi connectivity index (χ0n) is 9.99. The molecular formula is C13H25NO. The minimum Gasteiger partial charge on any atom is -0.392 e. The van der Waals surface area contributed by atoms with Crippen molar-refractivity contribution in [1.82, 2.24) is 4.90 Å². The zero-order chi connectivity index (χ0) is 10.7. The molecule has 0 spiro atoms. The van der Waals surface area contributed by atoms with Crippen molar-refractivity contribution in [3.63, 3.8) is 0 Å². The van der Waals surface area contributed by atoms with E-state index in [0.29, 0.717) is 5.92 Å². The van der Waals surface area contributed by atoms with Crippen LogP contribution in [0.15, 0.2) is 0 Å². The molecule has 88 valence electrons. The fourth-order valence-electron chi connectivity index (χ4n) is 3.17. The van der Waals surface area contributed by atoms with Gasteiger partial charge in [-0.05, 0) is 37.6 Å². The smallest absolute Gasteiger partial charge is 0.0695 e. The van der Waals surface area contributed by atoms with Crippen LogP contribution in [-0.4, -0.2) is 35.7 Å². The zero-order valence-corrected chi connectivity index (χ0v) is 9.99. The Hall–Kier alpha value is -0.0800. The lowest BCUT2D eigenvalue weighted by atomic mass is 10.0. The Kier molecular flexibility index (Phi) is 4.04. The highest BCUT2D eigenvalue weighted by Gasteiger charge is 2.28. The van der Waals surface area contributed by atoms with E-state index >= 15 is 0 Å². The maximum Gasteiger partial charge on any atom is 0.0695 e. The highest BCUT2D eigenvalue weighted by molar-refractivity contribution is 4.81.